The number of pyridine rings is 1. The first-order chi connectivity index (χ1) is 9.42. The predicted molar refractivity (Wildman–Crippen MR) is 80.3 cm³/mol. The van der Waals surface area contributed by atoms with Gasteiger partial charge >= 0.3 is 5.91 Å². The number of hydrogen-bond acceptors (Lipinski definition) is 4. The number of halogens is 2. The number of hydrazine groups is 1. The number of aryl methyl sites for hydroxylation is 1. The van der Waals surface area contributed by atoms with Crippen molar-refractivity contribution in [3.05, 3.63) is 54.7 Å². The summed E-state index contributed by atoms with van der Waals surface area (Å²) >= 11 is 6.53. The maximum Gasteiger partial charge on any atom is 0.300 e. The zero-order valence-corrected chi connectivity index (χ0v) is 13.6. The fourth-order valence-corrected chi connectivity index (χ4v) is 2.98. The topological polar surface area (TPSA) is 90.3 Å². The second kappa shape index (κ2) is 5.94. The van der Waals surface area contributed by atoms with Gasteiger partial charge in [0.25, 0.3) is 5.56 Å². The van der Waals surface area contributed by atoms with E-state index >= 15 is 0 Å². The molecule has 6 nitrogen and oxygen atoms in total. The summed E-state index contributed by atoms with van der Waals surface area (Å²) < 4.78 is 8.04. The molecule has 0 atom stereocenters. The molecule has 0 aromatic carbocycles. The van der Waals surface area contributed by atoms with E-state index in [4.69, 9.17) is 10.3 Å². The van der Waals surface area contributed by atoms with Crippen molar-refractivity contribution in [1.29, 1.82) is 0 Å². The molecule has 2 rings (SSSR count). The minimum atomic E-state index is -0.512. The molecule has 1 amide bonds. The molecule has 0 spiro atoms. The fraction of sp³-hybridized carbons (Fsp3) is 0.167. The van der Waals surface area contributed by atoms with Crippen LogP contribution >= 0.6 is 31.9 Å². The minimum absolute atomic E-state index is 0.113. The van der Waals surface area contributed by atoms with Gasteiger partial charge in [0.15, 0.2) is 5.76 Å². The van der Waals surface area contributed by atoms with Gasteiger partial charge in [-0.25, -0.2) is 5.84 Å². The molecule has 3 N–H and O–H groups in total. The Bertz CT molecular complexity index is 721. The number of nitrogens with zero attached hydrogens (tertiary/aromatic N) is 1. The number of hydrogen-bond donors (Lipinski definition) is 2. The molecule has 2 aromatic heterocycles. The van der Waals surface area contributed by atoms with E-state index in [0.717, 1.165) is 10.0 Å². The lowest BCUT2D eigenvalue weighted by Gasteiger charge is -2.06. The number of rotatable bonds is 3. The number of nitrogens with one attached hydrogen (secondary N) is 1. The number of amides is 1. The van der Waals surface area contributed by atoms with Crippen molar-refractivity contribution in [3.8, 4) is 0 Å². The number of nitrogen functional groups attached to an aromatic ring is 1. The summed E-state index contributed by atoms with van der Waals surface area (Å²) in [6.45, 7) is 2.02. The van der Waals surface area contributed by atoms with Crippen LogP contribution < -0.4 is 16.8 Å². The highest BCUT2D eigenvalue weighted by Gasteiger charge is 2.14. The van der Waals surface area contributed by atoms with Gasteiger partial charge in [0.05, 0.1) is 11.0 Å². The second-order valence-corrected chi connectivity index (χ2v) is 5.87. The van der Waals surface area contributed by atoms with Crippen LogP contribution in [0, 0.1) is 6.92 Å². The van der Waals surface area contributed by atoms with Crippen LogP contribution in [0.3, 0.4) is 0 Å². The van der Waals surface area contributed by atoms with E-state index < -0.39 is 5.91 Å². The predicted octanol–water partition coefficient (Wildman–Crippen LogP) is 1.93. The van der Waals surface area contributed by atoms with Gasteiger partial charge in [0, 0.05) is 16.2 Å². The standard InChI is InChI=1S/C12H11Br2N3O3/c1-6-7(2-10(20-6)11(18)16-15)4-17-5-8(13)3-9(14)12(17)19/h2-3,5H,4,15H2,1H3,(H,16,18). The maximum absolute atomic E-state index is 12.0. The average molecular weight is 405 g/mol. The van der Waals surface area contributed by atoms with Crippen molar-refractivity contribution in [3.63, 3.8) is 0 Å². The molecule has 0 saturated carbocycles. The van der Waals surface area contributed by atoms with Crippen molar-refractivity contribution in [1.82, 2.24) is 9.99 Å². The van der Waals surface area contributed by atoms with Gasteiger partial charge in [-0.3, -0.25) is 15.0 Å². The molecule has 0 fully saturated rings. The first kappa shape index (κ1) is 15.0. The van der Waals surface area contributed by atoms with Crippen LogP contribution in [0.1, 0.15) is 21.9 Å². The van der Waals surface area contributed by atoms with Crippen molar-refractivity contribution in [2.24, 2.45) is 5.84 Å². The van der Waals surface area contributed by atoms with E-state index in [1.54, 1.807) is 25.3 Å². The van der Waals surface area contributed by atoms with Gasteiger partial charge in [-0.05, 0) is 50.9 Å². The normalized spacial score (nSPS) is 10.6. The summed E-state index contributed by atoms with van der Waals surface area (Å²) in [6, 6.07) is 3.24. The van der Waals surface area contributed by atoms with Crippen molar-refractivity contribution < 1.29 is 9.21 Å². The van der Waals surface area contributed by atoms with Crippen LogP contribution in [-0.4, -0.2) is 10.5 Å². The molecule has 0 radical (unpaired) electrons. The van der Waals surface area contributed by atoms with E-state index in [2.05, 4.69) is 31.9 Å². The Balaban J connectivity index is 2.38. The van der Waals surface area contributed by atoms with Crippen LogP contribution in [0.15, 0.2) is 36.5 Å². The smallest absolute Gasteiger partial charge is 0.300 e. The summed E-state index contributed by atoms with van der Waals surface area (Å²) in [7, 11) is 0. The summed E-state index contributed by atoms with van der Waals surface area (Å²) in [4.78, 5) is 23.4. The zero-order valence-electron chi connectivity index (χ0n) is 10.4. The van der Waals surface area contributed by atoms with E-state index in [-0.39, 0.29) is 11.3 Å². The molecule has 0 aliphatic carbocycles. The Morgan fingerprint density at radius 1 is 1.45 bits per heavy atom. The fourth-order valence-electron chi connectivity index (χ4n) is 1.73. The van der Waals surface area contributed by atoms with E-state index in [1.165, 1.54) is 4.57 Å². The van der Waals surface area contributed by atoms with Crippen LogP contribution in [0.25, 0.3) is 0 Å². The number of carbonyl (C=O) groups is 1. The molecule has 2 heterocycles. The number of nitrogens with two attached hydrogens (primary N) is 1. The first-order valence-corrected chi connectivity index (χ1v) is 7.16. The quantitative estimate of drug-likeness (QED) is 0.464. The highest BCUT2D eigenvalue weighted by Crippen LogP contribution is 2.18. The molecule has 2 aromatic rings. The van der Waals surface area contributed by atoms with Crippen LogP contribution in [0.5, 0.6) is 0 Å². The zero-order chi connectivity index (χ0) is 14.9. The molecule has 106 valence electrons. The molecular formula is C12H11Br2N3O3. The molecule has 20 heavy (non-hydrogen) atoms. The lowest BCUT2D eigenvalue weighted by Crippen LogP contribution is -2.29. The lowest BCUT2D eigenvalue weighted by atomic mass is 10.2. The summed E-state index contributed by atoms with van der Waals surface area (Å²) in [6.07, 6.45) is 1.67. The van der Waals surface area contributed by atoms with Crippen molar-refractivity contribution in [2.75, 3.05) is 0 Å². The van der Waals surface area contributed by atoms with Gasteiger partial charge in [0.2, 0.25) is 0 Å². The van der Waals surface area contributed by atoms with Gasteiger partial charge in [-0.1, -0.05) is 0 Å². The van der Waals surface area contributed by atoms with Crippen LogP contribution in [0.4, 0.5) is 0 Å². The molecule has 8 heteroatoms. The van der Waals surface area contributed by atoms with Gasteiger partial charge < -0.3 is 8.98 Å². The molecule has 0 aliphatic heterocycles. The Hall–Kier alpha value is -1.38. The third-order valence-corrected chi connectivity index (χ3v) is 3.73. The minimum Gasteiger partial charge on any atom is -0.456 e. The molecule has 0 saturated heterocycles. The number of furan rings is 1. The third-order valence-electron chi connectivity index (χ3n) is 2.73. The Labute approximate surface area is 131 Å². The Morgan fingerprint density at radius 2 is 2.15 bits per heavy atom. The van der Waals surface area contributed by atoms with E-state index in [1.807, 2.05) is 5.43 Å². The highest BCUT2D eigenvalue weighted by molar-refractivity contribution is 9.11. The van der Waals surface area contributed by atoms with Crippen molar-refractivity contribution in [2.45, 2.75) is 13.5 Å². The largest absolute Gasteiger partial charge is 0.456 e. The van der Waals surface area contributed by atoms with Gasteiger partial charge in [-0.2, -0.15) is 0 Å². The highest BCUT2D eigenvalue weighted by atomic mass is 79.9. The maximum atomic E-state index is 12.0. The monoisotopic (exact) mass is 403 g/mol. The Kier molecular flexibility index (Phi) is 4.46. The van der Waals surface area contributed by atoms with Crippen LogP contribution in [0.2, 0.25) is 0 Å². The second-order valence-electron chi connectivity index (χ2n) is 4.10. The molecule has 0 aliphatic rings. The lowest BCUT2D eigenvalue weighted by molar-refractivity contribution is 0.0924. The SMILES string of the molecule is Cc1oc(C(=O)NN)cc1Cn1cc(Br)cc(Br)c1=O. The van der Waals surface area contributed by atoms with Gasteiger partial charge in [0.1, 0.15) is 5.76 Å². The molecule has 0 bridgehead atoms. The van der Waals surface area contributed by atoms with E-state index in [9.17, 15) is 9.59 Å². The number of aromatic nitrogens is 1. The third kappa shape index (κ3) is 3.02. The van der Waals surface area contributed by atoms with Crippen LogP contribution in [-0.2, 0) is 6.54 Å². The van der Waals surface area contributed by atoms with E-state index in [0.29, 0.717) is 16.8 Å². The first-order valence-electron chi connectivity index (χ1n) is 5.58. The average Bonchev–Trinajstić information content (AvgIpc) is 2.76. The molecular weight excluding hydrogens is 394 g/mol. The Morgan fingerprint density at radius 3 is 2.80 bits per heavy atom. The van der Waals surface area contributed by atoms with Gasteiger partial charge in [-0.15, -0.1) is 0 Å². The molecule has 0 unspecified atom stereocenters. The van der Waals surface area contributed by atoms with Crippen molar-refractivity contribution >= 4 is 37.8 Å². The summed E-state index contributed by atoms with van der Waals surface area (Å²) in [5.41, 5.74) is 2.56. The summed E-state index contributed by atoms with van der Waals surface area (Å²) in [5, 5.41) is 0. The number of carbonyl (C=O) groups excluding carboxylic acids is 1. The summed E-state index contributed by atoms with van der Waals surface area (Å²) in [5.74, 6) is 5.22.